The summed E-state index contributed by atoms with van der Waals surface area (Å²) in [5.74, 6) is -0.0642. The van der Waals surface area contributed by atoms with Crippen LogP contribution < -0.4 is 5.32 Å². The van der Waals surface area contributed by atoms with E-state index in [4.69, 9.17) is 4.74 Å². The van der Waals surface area contributed by atoms with E-state index in [1.165, 1.54) is 289 Å². The molecule has 0 radical (unpaired) electrons. The summed E-state index contributed by atoms with van der Waals surface area (Å²) in [4.78, 5) is 24.5. The van der Waals surface area contributed by atoms with E-state index in [0.717, 1.165) is 44.9 Å². The number of aliphatic hydroxyl groups excluding tert-OH is 2. The van der Waals surface area contributed by atoms with Gasteiger partial charge in [-0.25, -0.2) is 0 Å². The average molecular weight is 1010 g/mol. The van der Waals surface area contributed by atoms with Gasteiger partial charge in [0.25, 0.3) is 0 Å². The van der Waals surface area contributed by atoms with E-state index in [-0.39, 0.29) is 18.5 Å². The Morgan fingerprint density at radius 1 is 0.375 bits per heavy atom. The van der Waals surface area contributed by atoms with Crippen LogP contribution in [0, 0.1) is 0 Å². The zero-order chi connectivity index (χ0) is 52.2. The maximum atomic E-state index is 12.5. The van der Waals surface area contributed by atoms with Gasteiger partial charge in [-0.3, -0.25) is 9.59 Å². The third kappa shape index (κ3) is 57.6. The Kier molecular flexibility index (Phi) is 60.5. The van der Waals surface area contributed by atoms with Crippen LogP contribution in [0.3, 0.4) is 0 Å². The van der Waals surface area contributed by atoms with Gasteiger partial charge in [-0.05, 0) is 57.8 Å². The van der Waals surface area contributed by atoms with Crippen LogP contribution in [0.5, 0.6) is 0 Å². The number of ether oxygens (including phenoxy) is 1. The normalized spacial score (nSPS) is 12.7. The molecule has 0 aromatic rings. The minimum absolute atomic E-state index is 0.00784. The van der Waals surface area contributed by atoms with Crippen molar-refractivity contribution in [1.82, 2.24) is 5.32 Å². The highest BCUT2D eigenvalue weighted by atomic mass is 16.5. The lowest BCUT2D eigenvalue weighted by atomic mass is 10.0. The van der Waals surface area contributed by atoms with Gasteiger partial charge in [0, 0.05) is 12.8 Å². The van der Waals surface area contributed by atoms with Crippen LogP contribution in [0.1, 0.15) is 361 Å². The van der Waals surface area contributed by atoms with Gasteiger partial charge in [-0.2, -0.15) is 0 Å². The Hall–Kier alpha value is -1.66. The topological polar surface area (TPSA) is 95.9 Å². The van der Waals surface area contributed by atoms with Crippen LogP contribution in [0.25, 0.3) is 0 Å². The summed E-state index contributed by atoms with van der Waals surface area (Å²) in [6.45, 7) is 4.92. The molecule has 2 atom stereocenters. The van der Waals surface area contributed by atoms with Gasteiger partial charge in [0.15, 0.2) is 0 Å². The van der Waals surface area contributed by atoms with Crippen LogP contribution in [-0.4, -0.2) is 47.4 Å². The lowest BCUT2D eigenvalue weighted by molar-refractivity contribution is -0.143. The molecular weight excluding hydrogens is 887 g/mol. The number of aliphatic hydroxyl groups is 2. The van der Waals surface area contributed by atoms with Crippen LogP contribution in [0.15, 0.2) is 24.3 Å². The number of esters is 1. The summed E-state index contributed by atoms with van der Waals surface area (Å²) in [6.07, 6.45) is 76.6. The molecule has 0 bridgehead atoms. The number of nitrogens with one attached hydrogen (secondary N) is 1. The SMILES string of the molecule is CCCCCCCCCCCCCCCCCCCCCCC/C=C/C(O)C(CO)NC(=O)CCCCCCCCC/C=C\CCCCCCCCCCCCOC(=O)CCCCCCCCCCCCC. The Balaban J connectivity index is 3.46. The van der Waals surface area contributed by atoms with Gasteiger partial charge in [0.2, 0.25) is 5.91 Å². The first-order valence-electron chi connectivity index (χ1n) is 32.6. The zero-order valence-electron chi connectivity index (χ0n) is 48.7. The van der Waals surface area contributed by atoms with Crippen molar-refractivity contribution in [3.8, 4) is 0 Å². The van der Waals surface area contributed by atoms with Gasteiger partial charge in [-0.1, -0.05) is 314 Å². The van der Waals surface area contributed by atoms with Gasteiger partial charge in [0.1, 0.15) is 0 Å². The van der Waals surface area contributed by atoms with E-state index in [1.54, 1.807) is 6.08 Å². The Morgan fingerprint density at radius 2 is 0.653 bits per heavy atom. The Labute approximate surface area is 450 Å². The van der Waals surface area contributed by atoms with Crippen molar-refractivity contribution in [2.45, 2.75) is 373 Å². The van der Waals surface area contributed by atoms with Gasteiger partial charge in [0.05, 0.1) is 25.4 Å². The molecule has 3 N–H and O–H groups in total. The molecule has 0 aliphatic rings. The van der Waals surface area contributed by atoms with Crippen LogP contribution >= 0.6 is 0 Å². The lowest BCUT2D eigenvalue weighted by Crippen LogP contribution is -2.45. The number of allylic oxidation sites excluding steroid dienone is 3. The zero-order valence-corrected chi connectivity index (χ0v) is 48.7. The number of carbonyl (C=O) groups excluding carboxylic acids is 2. The molecule has 0 aliphatic carbocycles. The molecule has 0 aromatic heterocycles. The van der Waals surface area contributed by atoms with Crippen molar-refractivity contribution in [2.24, 2.45) is 0 Å². The molecule has 426 valence electrons. The molecule has 0 aromatic carbocycles. The molecule has 0 saturated heterocycles. The van der Waals surface area contributed by atoms with E-state index < -0.39 is 12.1 Å². The number of hydrogen-bond donors (Lipinski definition) is 3. The number of hydrogen-bond acceptors (Lipinski definition) is 5. The Bertz CT molecular complexity index is 1120. The standard InChI is InChI=1S/C66H127NO5/c1-3-5-7-9-11-13-15-16-17-18-19-20-21-23-26-29-32-35-39-42-46-50-54-58-64(69)63(62-68)67-65(70)59-55-51-47-43-40-36-33-30-27-24-22-25-28-31-34-37-41-45-49-53-57-61-72-66(71)60-56-52-48-44-38-14-12-10-8-6-4-2/h24,27,54,58,63-64,68-69H,3-23,25-26,28-53,55-57,59-62H2,1-2H3,(H,67,70)/b27-24-,58-54+. The second-order valence-electron chi connectivity index (χ2n) is 22.5. The van der Waals surface area contributed by atoms with Crippen molar-refractivity contribution in [3.05, 3.63) is 24.3 Å². The third-order valence-corrected chi connectivity index (χ3v) is 15.2. The van der Waals surface area contributed by atoms with E-state index in [1.807, 2.05) is 6.08 Å². The van der Waals surface area contributed by atoms with E-state index in [9.17, 15) is 19.8 Å². The van der Waals surface area contributed by atoms with E-state index in [2.05, 4.69) is 31.3 Å². The molecule has 6 nitrogen and oxygen atoms in total. The molecule has 0 rings (SSSR count). The molecule has 0 fully saturated rings. The summed E-state index contributed by atoms with van der Waals surface area (Å²) < 4.78 is 5.46. The van der Waals surface area contributed by atoms with E-state index >= 15 is 0 Å². The van der Waals surface area contributed by atoms with Crippen molar-refractivity contribution >= 4 is 11.9 Å². The first-order valence-corrected chi connectivity index (χ1v) is 32.6. The predicted octanol–water partition coefficient (Wildman–Crippen LogP) is 20.6. The highest BCUT2D eigenvalue weighted by Gasteiger charge is 2.18. The first-order chi connectivity index (χ1) is 35.5. The fraction of sp³-hybridized carbons (Fsp3) is 0.909. The highest BCUT2D eigenvalue weighted by Crippen LogP contribution is 2.18. The minimum atomic E-state index is -0.850. The summed E-state index contributed by atoms with van der Waals surface area (Å²) in [7, 11) is 0. The van der Waals surface area contributed by atoms with E-state index in [0.29, 0.717) is 19.4 Å². The Morgan fingerprint density at radius 3 is 0.986 bits per heavy atom. The average Bonchev–Trinajstić information content (AvgIpc) is 3.38. The second-order valence-corrected chi connectivity index (χ2v) is 22.5. The van der Waals surface area contributed by atoms with Gasteiger partial charge >= 0.3 is 5.97 Å². The highest BCUT2D eigenvalue weighted by molar-refractivity contribution is 5.76. The quantitative estimate of drug-likeness (QED) is 0.0320. The second kappa shape index (κ2) is 61.9. The molecule has 72 heavy (non-hydrogen) atoms. The van der Waals surface area contributed by atoms with Crippen molar-refractivity contribution < 1.29 is 24.5 Å². The first kappa shape index (κ1) is 70.3. The molecule has 1 amide bonds. The number of unbranched alkanes of at least 4 members (excludes halogenated alkanes) is 48. The van der Waals surface area contributed by atoms with Gasteiger partial charge in [-0.15, -0.1) is 0 Å². The fourth-order valence-electron chi connectivity index (χ4n) is 10.2. The monoisotopic (exact) mass is 1010 g/mol. The molecule has 0 heterocycles. The molecule has 2 unspecified atom stereocenters. The fourth-order valence-corrected chi connectivity index (χ4v) is 10.2. The van der Waals surface area contributed by atoms with Crippen LogP contribution in [-0.2, 0) is 14.3 Å². The molecular formula is C66H127NO5. The van der Waals surface area contributed by atoms with Crippen LogP contribution in [0.2, 0.25) is 0 Å². The largest absolute Gasteiger partial charge is 0.466 e. The summed E-state index contributed by atoms with van der Waals surface area (Å²) >= 11 is 0. The molecule has 0 spiro atoms. The smallest absolute Gasteiger partial charge is 0.305 e. The lowest BCUT2D eigenvalue weighted by Gasteiger charge is -2.20. The summed E-state index contributed by atoms with van der Waals surface area (Å²) in [6, 6.07) is -0.634. The molecule has 0 aliphatic heterocycles. The number of amides is 1. The maximum Gasteiger partial charge on any atom is 0.305 e. The number of rotatable bonds is 61. The molecule has 0 saturated carbocycles. The molecule has 6 heteroatoms. The van der Waals surface area contributed by atoms with Gasteiger partial charge < -0.3 is 20.3 Å². The van der Waals surface area contributed by atoms with Crippen molar-refractivity contribution in [1.29, 1.82) is 0 Å². The predicted molar refractivity (Wildman–Crippen MR) is 315 cm³/mol. The van der Waals surface area contributed by atoms with Crippen molar-refractivity contribution in [3.63, 3.8) is 0 Å². The summed E-state index contributed by atoms with van der Waals surface area (Å²) in [5, 5.41) is 23.2. The minimum Gasteiger partial charge on any atom is -0.466 e. The maximum absolute atomic E-state index is 12.5. The van der Waals surface area contributed by atoms with Crippen molar-refractivity contribution in [2.75, 3.05) is 13.2 Å². The summed E-state index contributed by atoms with van der Waals surface area (Å²) in [5.41, 5.74) is 0. The van der Waals surface area contributed by atoms with Crippen LogP contribution in [0.4, 0.5) is 0 Å². The number of carbonyl (C=O) groups is 2. The third-order valence-electron chi connectivity index (χ3n) is 15.2.